The first-order valence-electron chi connectivity index (χ1n) is 10.9. The lowest BCUT2D eigenvalue weighted by Gasteiger charge is -2.20. The lowest BCUT2D eigenvalue weighted by Crippen LogP contribution is -2.31. The molecule has 5 heteroatoms. The minimum atomic E-state index is 0.0625. The molecule has 0 bridgehead atoms. The van der Waals surface area contributed by atoms with E-state index in [1.807, 2.05) is 34.9 Å². The number of rotatable bonds is 7. The van der Waals surface area contributed by atoms with E-state index >= 15 is 0 Å². The van der Waals surface area contributed by atoms with Crippen LogP contribution in [0.2, 0.25) is 0 Å². The van der Waals surface area contributed by atoms with Crippen LogP contribution in [0.1, 0.15) is 36.1 Å². The summed E-state index contributed by atoms with van der Waals surface area (Å²) in [5, 5.41) is 1.30. The highest BCUT2D eigenvalue weighted by molar-refractivity contribution is 7.99. The van der Waals surface area contributed by atoms with Crippen molar-refractivity contribution in [2.75, 3.05) is 4.90 Å². The highest BCUT2D eigenvalue weighted by Gasteiger charge is 2.21. The Labute approximate surface area is 198 Å². The number of thioether (sulfide) groups is 1. The van der Waals surface area contributed by atoms with Gasteiger partial charge in [-0.05, 0) is 48.2 Å². The zero-order valence-corrected chi connectivity index (χ0v) is 20.6. The van der Waals surface area contributed by atoms with Gasteiger partial charge in [-0.2, -0.15) is 0 Å². The quantitative estimate of drug-likeness (QED) is 0.274. The lowest BCUT2D eigenvalue weighted by molar-refractivity contribution is -0.118. The molecular formula is C27H28N2OS2. The Morgan fingerprint density at radius 2 is 1.62 bits per heavy atom. The lowest BCUT2D eigenvalue weighted by atomic mass is 10.1. The fourth-order valence-corrected chi connectivity index (χ4v) is 5.59. The molecule has 164 valence electrons. The minimum Gasteiger partial charge on any atom is -0.283 e. The molecule has 3 aromatic carbocycles. The largest absolute Gasteiger partial charge is 0.283 e. The fraction of sp³-hybridized carbons (Fsp3) is 0.259. The topological polar surface area (TPSA) is 33.2 Å². The first-order chi connectivity index (χ1) is 15.4. The van der Waals surface area contributed by atoms with Gasteiger partial charge in [0, 0.05) is 10.1 Å². The summed E-state index contributed by atoms with van der Waals surface area (Å²) in [6.07, 6.45) is 0.355. The molecule has 0 spiro atoms. The summed E-state index contributed by atoms with van der Waals surface area (Å²) in [4.78, 5) is 21.5. The van der Waals surface area contributed by atoms with Gasteiger partial charge < -0.3 is 0 Å². The van der Waals surface area contributed by atoms with Crippen molar-refractivity contribution < 1.29 is 4.79 Å². The maximum absolute atomic E-state index is 13.5. The minimum absolute atomic E-state index is 0.0625. The molecule has 0 aliphatic rings. The zero-order valence-electron chi connectivity index (χ0n) is 19.0. The van der Waals surface area contributed by atoms with Crippen molar-refractivity contribution in [1.29, 1.82) is 0 Å². The van der Waals surface area contributed by atoms with E-state index in [4.69, 9.17) is 4.98 Å². The summed E-state index contributed by atoms with van der Waals surface area (Å²) in [5.74, 6) is 0.0625. The molecule has 0 saturated carbocycles. The highest BCUT2D eigenvalue weighted by atomic mass is 32.2. The summed E-state index contributed by atoms with van der Waals surface area (Å²) in [7, 11) is 0. The third-order valence-corrected chi connectivity index (χ3v) is 7.53. The van der Waals surface area contributed by atoms with Crippen LogP contribution in [-0.2, 0) is 17.8 Å². The Balaban J connectivity index is 1.64. The molecule has 4 rings (SSSR count). The Morgan fingerprint density at radius 3 is 2.28 bits per heavy atom. The van der Waals surface area contributed by atoms with Crippen LogP contribution in [0.15, 0.2) is 71.6 Å². The van der Waals surface area contributed by atoms with Crippen molar-refractivity contribution in [3.63, 3.8) is 0 Å². The van der Waals surface area contributed by atoms with Crippen LogP contribution in [0.5, 0.6) is 0 Å². The molecule has 0 fully saturated rings. The van der Waals surface area contributed by atoms with Gasteiger partial charge in [-0.15, -0.1) is 11.8 Å². The van der Waals surface area contributed by atoms with E-state index in [0.29, 0.717) is 18.2 Å². The van der Waals surface area contributed by atoms with Crippen LogP contribution in [0.25, 0.3) is 10.2 Å². The van der Waals surface area contributed by atoms with Gasteiger partial charge in [-0.1, -0.05) is 79.8 Å². The van der Waals surface area contributed by atoms with Crippen LogP contribution < -0.4 is 4.90 Å². The van der Waals surface area contributed by atoms with Gasteiger partial charge in [0.1, 0.15) is 0 Å². The van der Waals surface area contributed by atoms with E-state index in [1.165, 1.54) is 10.5 Å². The smallest absolute Gasteiger partial charge is 0.233 e. The Bertz CT molecular complexity index is 1170. The summed E-state index contributed by atoms with van der Waals surface area (Å²) in [6.45, 7) is 9.06. The first kappa shape index (κ1) is 22.6. The van der Waals surface area contributed by atoms with Crippen molar-refractivity contribution in [2.24, 2.45) is 0 Å². The molecule has 32 heavy (non-hydrogen) atoms. The summed E-state index contributed by atoms with van der Waals surface area (Å²) in [5.41, 5.74) is 5.44. The number of hydrogen-bond donors (Lipinski definition) is 0. The van der Waals surface area contributed by atoms with Gasteiger partial charge >= 0.3 is 0 Å². The number of hydrogen-bond acceptors (Lipinski definition) is 4. The molecule has 0 saturated heterocycles. The van der Waals surface area contributed by atoms with Gasteiger partial charge in [0.05, 0.1) is 23.2 Å². The van der Waals surface area contributed by atoms with Crippen LogP contribution >= 0.6 is 23.1 Å². The summed E-state index contributed by atoms with van der Waals surface area (Å²) >= 11 is 3.44. The molecular weight excluding hydrogens is 432 g/mol. The van der Waals surface area contributed by atoms with Gasteiger partial charge in [0.2, 0.25) is 5.91 Å². The molecule has 1 amide bonds. The second kappa shape index (κ2) is 9.88. The number of amides is 1. The Kier molecular flexibility index (Phi) is 6.97. The van der Waals surface area contributed by atoms with E-state index in [0.717, 1.165) is 32.0 Å². The maximum Gasteiger partial charge on any atom is 0.233 e. The monoisotopic (exact) mass is 460 g/mol. The van der Waals surface area contributed by atoms with Crippen LogP contribution in [0.4, 0.5) is 5.13 Å². The average molecular weight is 461 g/mol. The van der Waals surface area contributed by atoms with Gasteiger partial charge in [-0.25, -0.2) is 4.98 Å². The fourth-order valence-electron chi connectivity index (χ4n) is 3.62. The molecule has 0 aliphatic heterocycles. The van der Waals surface area contributed by atoms with Crippen LogP contribution in [0, 0.1) is 13.8 Å². The average Bonchev–Trinajstić information content (AvgIpc) is 3.23. The third kappa shape index (κ3) is 5.22. The van der Waals surface area contributed by atoms with E-state index in [9.17, 15) is 4.79 Å². The molecule has 0 N–H and O–H groups in total. The second-order valence-electron chi connectivity index (χ2n) is 8.33. The maximum atomic E-state index is 13.5. The van der Waals surface area contributed by atoms with Gasteiger partial charge in [-0.3, -0.25) is 9.69 Å². The number of anilines is 1. The van der Waals surface area contributed by atoms with Crippen LogP contribution in [-0.4, -0.2) is 16.1 Å². The molecule has 1 heterocycles. The number of thiazole rings is 1. The summed E-state index contributed by atoms with van der Waals surface area (Å²) < 4.78 is 1.15. The number of carbonyl (C=O) groups excluding carboxylic acids is 1. The van der Waals surface area contributed by atoms with Crippen molar-refractivity contribution in [2.45, 2.75) is 50.8 Å². The molecule has 0 radical (unpaired) electrons. The van der Waals surface area contributed by atoms with Crippen molar-refractivity contribution >= 4 is 44.4 Å². The molecule has 4 aromatic rings. The number of benzene rings is 3. The van der Waals surface area contributed by atoms with E-state index in [1.54, 1.807) is 11.3 Å². The van der Waals surface area contributed by atoms with Gasteiger partial charge in [0.25, 0.3) is 0 Å². The predicted octanol–water partition coefficient (Wildman–Crippen LogP) is 7.19. The molecule has 0 unspecified atom stereocenters. The first-order valence-corrected chi connectivity index (χ1v) is 12.6. The summed E-state index contributed by atoms with van der Waals surface area (Å²) in [6, 6.07) is 22.7. The normalized spacial score (nSPS) is 11.3. The number of carbonyl (C=O) groups is 1. The molecule has 0 aliphatic carbocycles. The molecule has 1 aromatic heterocycles. The van der Waals surface area contributed by atoms with Crippen LogP contribution in [0.3, 0.4) is 0 Å². The molecule has 3 nitrogen and oxygen atoms in total. The third-order valence-electron chi connectivity index (χ3n) is 5.30. The SMILES string of the molecule is Cc1ccc(C)c2sc(N(Cc3ccccc3)C(=O)Cc3ccc(SC(C)C)cc3)nc12. The van der Waals surface area contributed by atoms with E-state index in [-0.39, 0.29) is 5.91 Å². The zero-order chi connectivity index (χ0) is 22.7. The number of aryl methyl sites for hydroxylation is 2. The van der Waals surface area contributed by atoms with Gasteiger partial charge in [0.15, 0.2) is 5.13 Å². The Morgan fingerprint density at radius 1 is 0.938 bits per heavy atom. The number of aromatic nitrogens is 1. The second-order valence-corrected chi connectivity index (χ2v) is 11.0. The van der Waals surface area contributed by atoms with Crippen molar-refractivity contribution in [3.8, 4) is 0 Å². The highest BCUT2D eigenvalue weighted by Crippen LogP contribution is 2.34. The Hall–Kier alpha value is -2.63. The van der Waals surface area contributed by atoms with Crippen molar-refractivity contribution in [1.82, 2.24) is 4.98 Å². The number of fused-ring (bicyclic) bond motifs is 1. The standard InChI is InChI=1S/C27H28N2OS2/c1-18(2)31-23-14-12-21(13-15-23)16-24(30)29(17-22-8-6-5-7-9-22)27-28-25-19(3)10-11-20(4)26(25)32-27/h5-15,18H,16-17H2,1-4H3. The molecule has 0 atom stereocenters. The van der Waals surface area contributed by atoms with E-state index in [2.05, 4.69) is 76.2 Å². The van der Waals surface area contributed by atoms with E-state index < -0.39 is 0 Å². The number of nitrogens with zero attached hydrogens (tertiary/aromatic N) is 2. The van der Waals surface area contributed by atoms with Crippen molar-refractivity contribution in [3.05, 3.63) is 89.0 Å². The predicted molar refractivity (Wildman–Crippen MR) is 138 cm³/mol.